The highest BCUT2D eigenvalue weighted by Gasteiger charge is 2.33. The van der Waals surface area contributed by atoms with E-state index in [1.165, 1.54) is 19.1 Å². The lowest BCUT2D eigenvalue weighted by Gasteiger charge is -2.29. The van der Waals surface area contributed by atoms with Crippen LogP contribution in [0.25, 0.3) is 0 Å². The normalized spacial score (nSPS) is 17.0. The van der Waals surface area contributed by atoms with E-state index in [1.54, 1.807) is 12.1 Å². The number of carbonyl (C=O) groups excluding carboxylic acids is 2. The van der Waals surface area contributed by atoms with Gasteiger partial charge in [-0.3, -0.25) is 14.6 Å². The van der Waals surface area contributed by atoms with E-state index >= 15 is 0 Å². The number of anilines is 1. The summed E-state index contributed by atoms with van der Waals surface area (Å²) >= 11 is 0. The molecule has 0 spiro atoms. The van der Waals surface area contributed by atoms with Gasteiger partial charge in [0.1, 0.15) is 18.1 Å². The first-order chi connectivity index (χ1) is 17.2. The Morgan fingerprint density at radius 1 is 1.17 bits per heavy atom. The van der Waals surface area contributed by atoms with Crippen LogP contribution in [-0.2, 0) is 14.3 Å². The van der Waals surface area contributed by atoms with Gasteiger partial charge in [0.25, 0.3) is 0 Å². The lowest BCUT2D eigenvalue weighted by Crippen LogP contribution is -2.47. The first-order valence-corrected chi connectivity index (χ1v) is 12.8. The van der Waals surface area contributed by atoms with Crippen molar-refractivity contribution in [1.29, 1.82) is 0 Å². The van der Waals surface area contributed by atoms with Crippen molar-refractivity contribution in [1.82, 2.24) is 5.32 Å². The van der Waals surface area contributed by atoms with Crippen LogP contribution >= 0.6 is 0 Å². The average molecular weight is 496 g/mol. The molecular weight excluding hydrogens is 457 g/mol. The molecule has 3 rings (SSSR count). The topological polar surface area (TPSA) is 71.0 Å². The number of carbonyl (C=O) groups is 2. The van der Waals surface area contributed by atoms with Crippen LogP contribution < -0.4 is 10.2 Å². The smallest absolute Gasteiger partial charge is 0.302 e. The molecule has 0 fully saturated rings. The van der Waals surface area contributed by atoms with Crippen LogP contribution in [0.5, 0.6) is 0 Å². The minimum absolute atomic E-state index is 0.169. The number of rotatable bonds is 10. The highest BCUT2D eigenvalue weighted by molar-refractivity contribution is 6.16. The van der Waals surface area contributed by atoms with Gasteiger partial charge in [-0.25, -0.2) is 4.39 Å². The Balaban J connectivity index is 1.95. The van der Waals surface area contributed by atoms with Crippen LogP contribution in [0, 0.1) is 17.7 Å². The molecule has 0 aromatic heterocycles. The molecule has 7 heteroatoms. The average Bonchev–Trinajstić information content (AvgIpc) is 2.97. The Kier molecular flexibility index (Phi) is 9.62. The maximum Gasteiger partial charge on any atom is 0.302 e. The molecule has 194 valence electrons. The Bertz CT molecular complexity index is 1070. The third-order valence-electron chi connectivity index (χ3n) is 6.40. The number of amides is 1. The highest BCUT2D eigenvalue weighted by Crippen LogP contribution is 2.28. The van der Waals surface area contributed by atoms with E-state index in [0.29, 0.717) is 25.1 Å². The number of esters is 1. The molecular formula is C29H38FN3O3. The second-order valence-corrected chi connectivity index (χ2v) is 9.93. The third kappa shape index (κ3) is 7.15. The maximum absolute atomic E-state index is 13.7. The Labute approximate surface area is 213 Å². The zero-order chi connectivity index (χ0) is 26.2. The summed E-state index contributed by atoms with van der Waals surface area (Å²) in [5.74, 6) is -1.08. The molecule has 1 aliphatic rings. The summed E-state index contributed by atoms with van der Waals surface area (Å²) < 4.78 is 19.3. The minimum atomic E-state index is -0.534. The molecule has 3 atom stereocenters. The predicted octanol–water partition coefficient (Wildman–Crippen LogP) is 5.34. The molecule has 2 aromatic rings. The molecule has 0 saturated carbocycles. The number of hydrogen-bond acceptors (Lipinski definition) is 5. The fourth-order valence-corrected chi connectivity index (χ4v) is 4.71. The summed E-state index contributed by atoms with van der Waals surface area (Å²) in [6.45, 7) is 8.06. The van der Waals surface area contributed by atoms with Gasteiger partial charge in [-0.15, -0.1) is 0 Å². The molecule has 1 heterocycles. The molecule has 36 heavy (non-hydrogen) atoms. The first kappa shape index (κ1) is 27.4. The van der Waals surface area contributed by atoms with Crippen molar-refractivity contribution in [2.45, 2.75) is 65.6 Å². The monoisotopic (exact) mass is 495 g/mol. The van der Waals surface area contributed by atoms with Crippen molar-refractivity contribution < 1.29 is 18.7 Å². The SMILES string of the molecule is CCCCC(OC(C)=O)C(CC(C)C)C(=O)NC1CN(C)c2ccccc2C(c2ccc(F)cc2)=N1. The van der Waals surface area contributed by atoms with Crippen molar-refractivity contribution in [2.75, 3.05) is 18.5 Å². The van der Waals surface area contributed by atoms with Gasteiger partial charge in [0.2, 0.25) is 5.91 Å². The number of halogens is 1. The number of likely N-dealkylation sites (N-methyl/N-ethyl adjacent to an activating group) is 1. The molecule has 1 amide bonds. The maximum atomic E-state index is 13.7. The standard InChI is InChI=1S/C29H38FN3O3/c1-6-7-12-26(36-20(4)34)24(17-19(2)3)29(35)32-27-18-33(5)25-11-9-8-10-23(25)28(31-27)21-13-15-22(30)16-14-21/h8-11,13-16,19,24,26-27H,6-7,12,17-18H2,1-5H3,(H,32,35). The van der Waals surface area contributed by atoms with Crippen LogP contribution in [0.4, 0.5) is 10.1 Å². The molecule has 0 bridgehead atoms. The summed E-state index contributed by atoms with van der Waals surface area (Å²) in [6, 6.07) is 14.2. The van der Waals surface area contributed by atoms with Crippen molar-refractivity contribution in [3.05, 3.63) is 65.5 Å². The molecule has 0 radical (unpaired) electrons. The molecule has 3 unspecified atom stereocenters. The second-order valence-electron chi connectivity index (χ2n) is 9.93. The van der Waals surface area contributed by atoms with Gasteiger partial charge in [0, 0.05) is 30.8 Å². The number of ether oxygens (including phenoxy) is 1. The quantitative estimate of drug-likeness (QED) is 0.452. The molecule has 2 aromatic carbocycles. The van der Waals surface area contributed by atoms with Crippen LogP contribution in [0.15, 0.2) is 53.5 Å². The summed E-state index contributed by atoms with van der Waals surface area (Å²) in [6.07, 6.45) is 2.05. The fourth-order valence-electron chi connectivity index (χ4n) is 4.71. The largest absolute Gasteiger partial charge is 0.462 e. The van der Waals surface area contributed by atoms with Crippen molar-refractivity contribution in [2.24, 2.45) is 16.8 Å². The second kappa shape index (κ2) is 12.7. The third-order valence-corrected chi connectivity index (χ3v) is 6.40. The van der Waals surface area contributed by atoms with E-state index in [2.05, 4.69) is 31.0 Å². The van der Waals surface area contributed by atoms with Gasteiger partial charge in [0.15, 0.2) is 0 Å². The number of para-hydroxylation sites is 1. The van der Waals surface area contributed by atoms with Gasteiger partial charge in [0.05, 0.1) is 18.2 Å². The Morgan fingerprint density at radius 3 is 2.50 bits per heavy atom. The molecule has 0 aliphatic carbocycles. The summed E-state index contributed by atoms with van der Waals surface area (Å²) in [7, 11) is 1.97. The molecule has 1 aliphatic heterocycles. The van der Waals surface area contributed by atoms with Gasteiger partial charge in [-0.1, -0.05) is 51.8 Å². The highest BCUT2D eigenvalue weighted by atomic mass is 19.1. The van der Waals surface area contributed by atoms with Crippen molar-refractivity contribution in [3.63, 3.8) is 0 Å². The molecule has 1 N–H and O–H groups in total. The van der Waals surface area contributed by atoms with Crippen molar-refractivity contribution >= 4 is 23.3 Å². The van der Waals surface area contributed by atoms with Gasteiger partial charge in [-0.2, -0.15) is 0 Å². The van der Waals surface area contributed by atoms with Gasteiger partial charge < -0.3 is 15.0 Å². The number of nitrogens with one attached hydrogen (secondary N) is 1. The summed E-state index contributed by atoms with van der Waals surface area (Å²) in [4.78, 5) is 32.6. The summed E-state index contributed by atoms with van der Waals surface area (Å²) in [5.41, 5.74) is 3.38. The van der Waals surface area contributed by atoms with Gasteiger partial charge in [-0.05, 0) is 49.1 Å². The number of aliphatic imine (C=N–C) groups is 1. The first-order valence-electron chi connectivity index (χ1n) is 12.8. The van der Waals surface area contributed by atoms with Crippen LogP contribution in [0.2, 0.25) is 0 Å². The molecule has 0 saturated heterocycles. The lowest BCUT2D eigenvalue weighted by atomic mass is 9.88. The lowest BCUT2D eigenvalue weighted by molar-refractivity contribution is -0.152. The van der Waals surface area contributed by atoms with E-state index in [-0.39, 0.29) is 23.6 Å². The number of unbranched alkanes of at least 4 members (excludes halogenated alkanes) is 1. The number of benzodiazepines with no additional fused rings is 1. The summed E-state index contributed by atoms with van der Waals surface area (Å²) in [5, 5.41) is 3.14. The minimum Gasteiger partial charge on any atom is -0.462 e. The van der Waals surface area contributed by atoms with Crippen LogP contribution in [-0.4, -0.2) is 43.5 Å². The van der Waals surface area contributed by atoms with E-state index in [9.17, 15) is 14.0 Å². The Hall–Kier alpha value is -3.22. The number of benzene rings is 2. The number of fused-ring (bicyclic) bond motifs is 1. The van der Waals surface area contributed by atoms with E-state index < -0.39 is 18.2 Å². The fraction of sp³-hybridized carbons (Fsp3) is 0.483. The van der Waals surface area contributed by atoms with Gasteiger partial charge >= 0.3 is 5.97 Å². The molecule has 6 nitrogen and oxygen atoms in total. The zero-order valence-electron chi connectivity index (χ0n) is 22.0. The van der Waals surface area contributed by atoms with E-state index in [4.69, 9.17) is 9.73 Å². The van der Waals surface area contributed by atoms with E-state index in [0.717, 1.165) is 29.7 Å². The number of hydrogen-bond donors (Lipinski definition) is 1. The Morgan fingerprint density at radius 2 is 1.86 bits per heavy atom. The predicted molar refractivity (Wildman–Crippen MR) is 142 cm³/mol. The van der Waals surface area contributed by atoms with Crippen LogP contribution in [0.1, 0.15) is 64.5 Å². The van der Waals surface area contributed by atoms with Crippen LogP contribution in [0.3, 0.4) is 0 Å². The van der Waals surface area contributed by atoms with Crippen molar-refractivity contribution in [3.8, 4) is 0 Å². The number of nitrogens with zero attached hydrogens (tertiary/aromatic N) is 2. The zero-order valence-corrected chi connectivity index (χ0v) is 22.0. The van der Waals surface area contributed by atoms with E-state index in [1.807, 2.05) is 31.3 Å².